The van der Waals surface area contributed by atoms with Gasteiger partial charge in [-0.3, -0.25) is 28.9 Å². The Bertz CT molecular complexity index is 1770. The van der Waals surface area contributed by atoms with Gasteiger partial charge in [0.15, 0.2) is 11.4 Å². The van der Waals surface area contributed by atoms with Gasteiger partial charge in [0, 0.05) is 30.4 Å². The monoisotopic (exact) mass is 971 g/mol. The lowest BCUT2D eigenvalue weighted by Gasteiger charge is -2.32. The van der Waals surface area contributed by atoms with Gasteiger partial charge >= 0.3 is 6.16 Å². The summed E-state index contributed by atoms with van der Waals surface area (Å²) in [5, 5.41) is 11.6. The number of hydrogen-bond acceptors (Lipinski definition) is 10. The molecular formula is C47H66IN5O9. The molecule has 1 heterocycles. The SMILES string of the molecule is C#CCCCCOC(=O)O[C@](C)(CI)C(=O)[C@H](CC(C)C)NC(=O)[C@H](Cc1ccccc1)NC(=O)[C@H](CC(C)C)NC(=O)[C@H](CCc1ccccc1)NC(=O)CN1CCOCC1. The zero-order valence-electron chi connectivity index (χ0n) is 36.9. The first-order valence-electron chi connectivity index (χ1n) is 21.6. The van der Waals surface area contributed by atoms with Gasteiger partial charge < -0.3 is 35.5 Å². The number of Topliss-reactive ketones (excluding diaryl/α,β-unsaturated/α-hetero) is 1. The molecule has 0 unspecified atom stereocenters. The summed E-state index contributed by atoms with van der Waals surface area (Å²) < 4.78 is 16.3. The Morgan fingerprint density at radius 1 is 0.774 bits per heavy atom. The zero-order valence-corrected chi connectivity index (χ0v) is 39.1. The van der Waals surface area contributed by atoms with Gasteiger partial charge in [0.25, 0.3) is 0 Å². The number of nitrogens with one attached hydrogen (secondary N) is 4. The number of carbonyl (C=O) groups excluding carboxylic acids is 6. The van der Waals surface area contributed by atoms with Crippen LogP contribution < -0.4 is 21.3 Å². The molecule has 2 aromatic carbocycles. The molecule has 0 aromatic heterocycles. The van der Waals surface area contributed by atoms with E-state index >= 15 is 0 Å². The maximum absolute atomic E-state index is 14.4. The van der Waals surface area contributed by atoms with Crippen molar-refractivity contribution >= 4 is 58.2 Å². The fourth-order valence-corrected chi connectivity index (χ4v) is 7.45. The van der Waals surface area contributed by atoms with Gasteiger partial charge in [-0.25, -0.2) is 4.79 Å². The number of amides is 4. The van der Waals surface area contributed by atoms with Crippen LogP contribution >= 0.6 is 22.6 Å². The summed E-state index contributed by atoms with van der Waals surface area (Å²) in [6.45, 7) is 11.6. The molecule has 0 bridgehead atoms. The second kappa shape index (κ2) is 27.5. The number of benzene rings is 2. The van der Waals surface area contributed by atoms with E-state index in [0.29, 0.717) is 52.0 Å². The lowest BCUT2D eigenvalue weighted by atomic mass is 9.90. The largest absolute Gasteiger partial charge is 0.509 e. The highest BCUT2D eigenvalue weighted by Gasteiger charge is 2.43. The Balaban J connectivity index is 1.84. The topological polar surface area (TPSA) is 181 Å². The molecule has 4 amide bonds. The molecular weight excluding hydrogens is 905 g/mol. The molecule has 0 saturated carbocycles. The summed E-state index contributed by atoms with van der Waals surface area (Å²) in [5.74, 6) is -0.139. The van der Waals surface area contributed by atoms with Crippen LogP contribution in [0.2, 0.25) is 0 Å². The van der Waals surface area contributed by atoms with E-state index in [1.54, 1.807) is 0 Å². The quantitative estimate of drug-likeness (QED) is 0.0332. The number of aryl methyl sites for hydroxylation is 1. The van der Waals surface area contributed by atoms with Crippen LogP contribution in [-0.4, -0.2) is 114 Å². The van der Waals surface area contributed by atoms with E-state index in [1.807, 2.05) is 116 Å². The molecule has 1 aliphatic heterocycles. The van der Waals surface area contributed by atoms with Crippen molar-refractivity contribution < 1.29 is 43.0 Å². The van der Waals surface area contributed by atoms with Gasteiger partial charge in [-0.2, -0.15) is 0 Å². The molecule has 0 radical (unpaired) electrons. The van der Waals surface area contributed by atoms with Crippen LogP contribution in [-0.2, 0) is 51.0 Å². The number of morpholine rings is 1. The Hall–Kier alpha value is -4.53. The first-order valence-corrected chi connectivity index (χ1v) is 23.1. The third-order valence-electron chi connectivity index (χ3n) is 10.3. The molecule has 15 heteroatoms. The molecule has 5 atom stereocenters. The summed E-state index contributed by atoms with van der Waals surface area (Å²) in [5.41, 5.74) is 0.104. The summed E-state index contributed by atoms with van der Waals surface area (Å²) in [4.78, 5) is 85.0. The number of hydrogen-bond donors (Lipinski definition) is 4. The first kappa shape index (κ1) is 51.8. The molecule has 1 aliphatic rings. The van der Waals surface area contributed by atoms with Crippen LogP contribution in [0.5, 0.6) is 0 Å². The number of ether oxygens (including phenoxy) is 3. The van der Waals surface area contributed by atoms with Gasteiger partial charge in [-0.1, -0.05) is 111 Å². The second-order valence-corrected chi connectivity index (χ2v) is 17.5. The van der Waals surface area contributed by atoms with Crippen molar-refractivity contribution in [2.75, 3.05) is 43.9 Å². The zero-order chi connectivity index (χ0) is 45.5. The van der Waals surface area contributed by atoms with Crippen molar-refractivity contribution in [3.63, 3.8) is 0 Å². The van der Waals surface area contributed by atoms with E-state index in [1.165, 1.54) is 6.92 Å². The van der Waals surface area contributed by atoms with Crippen LogP contribution in [0.4, 0.5) is 4.79 Å². The third kappa shape index (κ3) is 18.8. The van der Waals surface area contributed by atoms with Crippen LogP contribution in [0.15, 0.2) is 60.7 Å². The molecule has 0 aliphatic carbocycles. The Kier molecular flexibility index (Phi) is 23.0. The van der Waals surface area contributed by atoms with E-state index in [-0.39, 0.29) is 61.0 Å². The molecule has 14 nitrogen and oxygen atoms in total. The van der Waals surface area contributed by atoms with Crippen molar-refractivity contribution in [1.29, 1.82) is 0 Å². The van der Waals surface area contributed by atoms with Crippen molar-refractivity contribution in [2.45, 2.75) is 116 Å². The molecule has 3 rings (SSSR count). The average molecular weight is 972 g/mol. The minimum absolute atomic E-state index is 0.0419. The maximum atomic E-state index is 14.4. The van der Waals surface area contributed by atoms with Gasteiger partial charge in [0.05, 0.1) is 32.4 Å². The minimum Gasteiger partial charge on any atom is -0.434 e. The Labute approximate surface area is 381 Å². The molecule has 0 spiro atoms. The van der Waals surface area contributed by atoms with E-state index in [2.05, 4.69) is 27.2 Å². The van der Waals surface area contributed by atoms with Gasteiger partial charge in [0.1, 0.15) is 18.1 Å². The lowest BCUT2D eigenvalue weighted by molar-refractivity contribution is -0.141. The van der Waals surface area contributed by atoms with E-state index < -0.39 is 59.4 Å². The highest BCUT2D eigenvalue weighted by atomic mass is 127. The fraction of sp³-hybridized carbons (Fsp3) is 0.574. The summed E-state index contributed by atoms with van der Waals surface area (Å²) >= 11 is 1.96. The standard InChI is InChI=1S/C47H66IN5O9/c1-7-8-9-16-25-61-46(59)62-47(6,32-48)42(55)38(28-33(2)3)50-45(58)40(30-36-19-14-11-15-20-36)52-44(57)39(29-34(4)5)51-43(56)37(22-21-35-17-12-10-13-18-35)49-41(54)31-53-23-26-60-27-24-53/h1,10-15,17-20,33-34,37-40H,8-9,16,21-32H2,2-6H3,(H,49,54)(H,50,58)(H,51,56)(H,52,57)/t37-,38-,39-,40-,47+/m0/s1. The van der Waals surface area contributed by atoms with Gasteiger partial charge in [-0.15, -0.1) is 12.3 Å². The second-order valence-electron chi connectivity index (χ2n) is 16.8. The fourth-order valence-electron chi connectivity index (χ4n) is 6.92. The van der Waals surface area contributed by atoms with Crippen molar-refractivity contribution in [3.05, 3.63) is 71.8 Å². The minimum atomic E-state index is -1.64. The summed E-state index contributed by atoms with van der Waals surface area (Å²) in [6, 6.07) is 14.5. The summed E-state index contributed by atoms with van der Waals surface area (Å²) in [7, 11) is 0. The molecule has 62 heavy (non-hydrogen) atoms. The smallest absolute Gasteiger partial charge is 0.434 e. The Morgan fingerprint density at radius 3 is 1.92 bits per heavy atom. The lowest BCUT2D eigenvalue weighted by Crippen LogP contribution is -2.60. The van der Waals surface area contributed by atoms with E-state index in [9.17, 15) is 28.8 Å². The van der Waals surface area contributed by atoms with Crippen LogP contribution in [0.25, 0.3) is 0 Å². The normalized spacial score (nSPS) is 15.8. The molecule has 340 valence electrons. The number of halogens is 1. The molecule has 1 saturated heterocycles. The van der Waals surface area contributed by atoms with Crippen LogP contribution in [0.3, 0.4) is 0 Å². The predicted octanol–water partition coefficient (Wildman–Crippen LogP) is 4.95. The maximum Gasteiger partial charge on any atom is 0.509 e. The number of terminal acetylenes is 1. The number of nitrogens with zero attached hydrogens (tertiary/aromatic N) is 1. The van der Waals surface area contributed by atoms with Crippen molar-refractivity contribution in [2.24, 2.45) is 11.8 Å². The first-order chi connectivity index (χ1) is 29.6. The van der Waals surface area contributed by atoms with Gasteiger partial charge in [-0.05, 0) is 68.4 Å². The highest BCUT2D eigenvalue weighted by Crippen LogP contribution is 2.22. The Morgan fingerprint density at radius 2 is 1.32 bits per heavy atom. The molecule has 2 aromatic rings. The van der Waals surface area contributed by atoms with Gasteiger partial charge in [0.2, 0.25) is 23.6 Å². The molecule has 1 fully saturated rings. The van der Waals surface area contributed by atoms with Crippen LogP contribution in [0, 0.1) is 24.2 Å². The third-order valence-corrected chi connectivity index (χ3v) is 11.8. The van der Waals surface area contributed by atoms with Crippen molar-refractivity contribution in [1.82, 2.24) is 26.2 Å². The number of ketones is 1. The number of alkyl halides is 1. The predicted molar refractivity (Wildman–Crippen MR) is 246 cm³/mol. The number of carbonyl (C=O) groups is 6. The molecule has 4 N–H and O–H groups in total. The number of rotatable bonds is 26. The highest BCUT2D eigenvalue weighted by molar-refractivity contribution is 14.1. The van der Waals surface area contributed by atoms with E-state index in [4.69, 9.17) is 20.6 Å². The van der Waals surface area contributed by atoms with Crippen molar-refractivity contribution in [3.8, 4) is 12.3 Å². The average Bonchev–Trinajstić information content (AvgIpc) is 3.24. The van der Waals surface area contributed by atoms with E-state index in [0.717, 1.165) is 11.1 Å². The summed E-state index contributed by atoms with van der Waals surface area (Å²) in [6.07, 6.45) is 7.38. The van der Waals surface area contributed by atoms with Crippen LogP contribution in [0.1, 0.15) is 84.3 Å². The number of unbranched alkanes of at least 4 members (excludes halogenated alkanes) is 2.